The molecule has 2 N–H and O–H groups in total. The van der Waals surface area contributed by atoms with E-state index >= 15 is 0 Å². The second kappa shape index (κ2) is 10.6. The minimum absolute atomic E-state index is 0.0749. The van der Waals surface area contributed by atoms with Crippen LogP contribution in [0.15, 0.2) is 42.7 Å². The van der Waals surface area contributed by atoms with E-state index in [1.807, 2.05) is 31.2 Å². The molecule has 34 heavy (non-hydrogen) atoms. The quantitative estimate of drug-likeness (QED) is 0.411. The Bertz CT molecular complexity index is 1060. The number of ether oxygens (including phenoxy) is 1. The van der Waals surface area contributed by atoms with Crippen molar-refractivity contribution in [2.45, 2.75) is 89.2 Å². The van der Waals surface area contributed by atoms with E-state index in [9.17, 15) is 9.90 Å². The number of hydrogen-bond donors (Lipinski definition) is 2. The number of unbranched alkanes of at least 4 members (excludes halogenated alkanes) is 2. The minimum Gasteiger partial charge on any atom is -0.410 e. The van der Waals surface area contributed by atoms with Crippen molar-refractivity contribution in [1.29, 1.82) is 0 Å². The Balaban J connectivity index is 1.51. The van der Waals surface area contributed by atoms with Crippen molar-refractivity contribution in [2.24, 2.45) is 5.92 Å². The third kappa shape index (κ3) is 5.28. The standard InChI is InChI=1S/C29H36N2O3/c1-3-5-6-14-29-16-15-28(33,13-4-2)19-24(29)10-9-23-18-25(11-12-26(23)29)34-27(32)31-21-22-8-7-17-30-20-22/h7-8,11-12,17-18,20,24,33H,3,5-6,9-10,14-16,19,21H2,1-2H3,(H,31,32)/t24-,28+,29-/m0/s1. The van der Waals surface area contributed by atoms with Gasteiger partial charge in [0.15, 0.2) is 0 Å². The van der Waals surface area contributed by atoms with Crippen molar-refractivity contribution in [3.8, 4) is 17.6 Å². The third-order valence-electron chi connectivity index (χ3n) is 7.68. The van der Waals surface area contributed by atoms with Crippen LogP contribution in [0.2, 0.25) is 0 Å². The Morgan fingerprint density at radius 2 is 2.18 bits per heavy atom. The zero-order valence-corrected chi connectivity index (χ0v) is 20.4. The predicted octanol–water partition coefficient (Wildman–Crippen LogP) is 5.69. The van der Waals surface area contributed by atoms with Gasteiger partial charge in [-0.15, -0.1) is 5.92 Å². The van der Waals surface area contributed by atoms with Gasteiger partial charge in [-0.25, -0.2) is 4.79 Å². The van der Waals surface area contributed by atoms with Crippen LogP contribution in [0, 0.1) is 17.8 Å². The summed E-state index contributed by atoms with van der Waals surface area (Å²) in [5.74, 6) is 7.04. The zero-order chi connectivity index (χ0) is 24.0. The third-order valence-corrected chi connectivity index (χ3v) is 7.68. The number of aliphatic hydroxyl groups is 1. The van der Waals surface area contributed by atoms with Crippen LogP contribution in [-0.2, 0) is 18.4 Å². The number of hydrogen-bond acceptors (Lipinski definition) is 4. The molecule has 2 aromatic rings. The number of rotatable bonds is 7. The summed E-state index contributed by atoms with van der Waals surface area (Å²) in [5, 5.41) is 13.9. The van der Waals surface area contributed by atoms with Gasteiger partial charge in [-0.1, -0.05) is 44.2 Å². The molecule has 180 valence electrons. The number of aryl methyl sites for hydroxylation is 1. The number of nitrogens with one attached hydrogen (secondary N) is 1. The molecule has 0 bridgehead atoms. The smallest absolute Gasteiger partial charge is 0.410 e. The Morgan fingerprint density at radius 3 is 2.94 bits per heavy atom. The first-order chi connectivity index (χ1) is 16.5. The molecule has 5 nitrogen and oxygen atoms in total. The molecule has 0 saturated heterocycles. The average molecular weight is 461 g/mol. The number of carbonyl (C=O) groups is 1. The minimum atomic E-state index is -0.861. The van der Waals surface area contributed by atoms with Gasteiger partial charge in [-0.3, -0.25) is 4.98 Å². The normalized spacial score (nSPS) is 25.3. The summed E-state index contributed by atoms with van der Waals surface area (Å²) in [4.78, 5) is 16.4. The number of fused-ring (bicyclic) bond motifs is 3. The van der Waals surface area contributed by atoms with Gasteiger partial charge in [-0.2, -0.15) is 0 Å². The summed E-state index contributed by atoms with van der Waals surface area (Å²) in [6, 6.07) is 9.91. The summed E-state index contributed by atoms with van der Waals surface area (Å²) in [6.07, 6.45) is 12.1. The molecule has 2 aliphatic carbocycles. The Hall–Kier alpha value is -2.84. The largest absolute Gasteiger partial charge is 0.412 e. The molecule has 0 unspecified atom stereocenters. The fourth-order valence-electron chi connectivity index (χ4n) is 6.05. The molecule has 2 aliphatic rings. The highest BCUT2D eigenvalue weighted by Gasteiger charge is 2.50. The molecule has 1 aromatic carbocycles. The molecule has 1 saturated carbocycles. The van der Waals surface area contributed by atoms with Gasteiger partial charge >= 0.3 is 6.09 Å². The topological polar surface area (TPSA) is 71.5 Å². The second-order valence-electron chi connectivity index (χ2n) is 9.88. The van der Waals surface area contributed by atoms with Gasteiger partial charge in [0.2, 0.25) is 0 Å². The molecule has 1 fully saturated rings. The lowest BCUT2D eigenvalue weighted by Crippen LogP contribution is -2.49. The summed E-state index contributed by atoms with van der Waals surface area (Å²) < 4.78 is 5.61. The maximum atomic E-state index is 12.4. The predicted molar refractivity (Wildman–Crippen MR) is 133 cm³/mol. The zero-order valence-electron chi connectivity index (χ0n) is 20.4. The van der Waals surface area contributed by atoms with Gasteiger partial charge in [0.25, 0.3) is 0 Å². The Morgan fingerprint density at radius 1 is 1.29 bits per heavy atom. The van der Waals surface area contributed by atoms with E-state index in [0.29, 0.717) is 24.6 Å². The number of pyridine rings is 1. The van der Waals surface area contributed by atoms with Crippen LogP contribution < -0.4 is 10.1 Å². The van der Waals surface area contributed by atoms with Crippen LogP contribution in [0.4, 0.5) is 4.79 Å². The van der Waals surface area contributed by atoms with Gasteiger partial charge in [0.1, 0.15) is 11.4 Å². The number of benzene rings is 1. The SMILES string of the molecule is CC#C[C@@]1(O)CC[C@]2(CCCCC)c3ccc(OC(=O)NCc4cccnc4)cc3CC[C@H]2C1. The van der Waals surface area contributed by atoms with Crippen LogP contribution in [0.5, 0.6) is 5.75 Å². The maximum Gasteiger partial charge on any atom is 0.412 e. The van der Waals surface area contributed by atoms with Gasteiger partial charge in [0, 0.05) is 18.9 Å². The lowest BCUT2D eigenvalue weighted by Gasteiger charge is -2.52. The summed E-state index contributed by atoms with van der Waals surface area (Å²) >= 11 is 0. The van der Waals surface area contributed by atoms with E-state index in [-0.39, 0.29) is 5.41 Å². The fourth-order valence-corrected chi connectivity index (χ4v) is 6.05. The van der Waals surface area contributed by atoms with Crippen LogP contribution in [0.3, 0.4) is 0 Å². The number of aromatic nitrogens is 1. The summed E-state index contributed by atoms with van der Waals surface area (Å²) in [7, 11) is 0. The maximum absolute atomic E-state index is 12.4. The second-order valence-corrected chi connectivity index (χ2v) is 9.88. The first kappa shape index (κ1) is 24.3. The molecular weight excluding hydrogens is 424 g/mol. The van der Waals surface area contributed by atoms with E-state index in [1.54, 1.807) is 12.4 Å². The Kier molecular flexibility index (Phi) is 7.58. The highest BCUT2D eigenvalue weighted by Crippen LogP contribution is 2.55. The lowest BCUT2D eigenvalue weighted by atomic mass is 9.53. The molecular formula is C29H36N2O3. The molecule has 0 radical (unpaired) electrons. The molecule has 1 heterocycles. The number of nitrogens with zero attached hydrogens (tertiary/aromatic N) is 1. The molecule has 5 heteroatoms. The summed E-state index contributed by atoms with van der Waals surface area (Å²) in [5.41, 5.74) is 2.80. The summed E-state index contributed by atoms with van der Waals surface area (Å²) in [6.45, 7) is 4.43. The van der Waals surface area contributed by atoms with E-state index < -0.39 is 11.7 Å². The van der Waals surface area contributed by atoms with E-state index in [2.05, 4.69) is 35.1 Å². The highest BCUT2D eigenvalue weighted by molar-refractivity contribution is 5.70. The first-order valence-electron chi connectivity index (χ1n) is 12.6. The number of carbonyl (C=O) groups excluding carboxylic acids is 1. The Labute approximate surface area is 203 Å². The van der Waals surface area contributed by atoms with Crippen molar-refractivity contribution in [1.82, 2.24) is 10.3 Å². The van der Waals surface area contributed by atoms with Crippen molar-refractivity contribution in [2.75, 3.05) is 0 Å². The van der Waals surface area contributed by atoms with E-state index in [1.165, 1.54) is 30.4 Å². The molecule has 0 spiro atoms. The van der Waals surface area contributed by atoms with Crippen molar-refractivity contribution < 1.29 is 14.6 Å². The molecule has 3 atom stereocenters. The fraction of sp³-hybridized carbons (Fsp3) is 0.517. The molecule has 4 rings (SSSR count). The number of amides is 1. The first-order valence-corrected chi connectivity index (χ1v) is 12.6. The van der Waals surface area contributed by atoms with Crippen LogP contribution in [-0.4, -0.2) is 21.8 Å². The van der Waals surface area contributed by atoms with Gasteiger partial charge < -0.3 is 15.2 Å². The highest BCUT2D eigenvalue weighted by atomic mass is 16.6. The van der Waals surface area contributed by atoms with Crippen LogP contribution in [0.25, 0.3) is 0 Å². The monoisotopic (exact) mass is 460 g/mol. The van der Waals surface area contributed by atoms with Gasteiger partial charge in [-0.05, 0) is 91.7 Å². The molecule has 1 aromatic heterocycles. The van der Waals surface area contributed by atoms with E-state index in [4.69, 9.17) is 4.74 Å². The average Bonchev–Trinajstić information content (AvgIpc) is 2.84. The van der Waals surface area contributed by atoms with Crippen LogP contribution in [0.1, 0.15) is 81.9 Å². The molecule has 1 amide bonds. The van der Waals surface area contributed by atoms with Gasteiger partial charge in [0.05, 0.1) is 0 Å². The van der Waals surface area contributed by atoms with Crippen molar-refractivity contribution in [3.05, 3.63) is 59.4 Å². The van der Waals surface area contributed by atoms with Crippen molar-refractivity contribution in [3.63, 3.8) is 0 Å². The lowest BCUT2D eigenvalue weighted by molar-refractivity contribution is -0.0115. The molecule has 0 aliphatic heterocycles. The van der Waals surface area contributed by atoms with Crippen LogP contribution >= 0.6 is 0 Å². The van der Waals surface area contributed by atoms with E-state index in [0.717, 1.165) is 37.7 Å². The van der Waals surface area contributed by atoms with Crippen molar-refractivity contribution >= 4 is 6.09 Å².